The van der Waals surface area contributed by atoms with E-state index in [9.17, 15) is 4.79 Å². The van der Waals surface area contributed by atoms with Gasteiger partial charge in [0.05, 0.1) is 22.3 Å². The number of nitrogens with zero attached hydrogens (tertiary/aromatic N) is 5. The van der Waals surface area contributed by atoms with E-state index in [1.807, 2.05) is 57.3 Å². The summed E-state index contributed by atoms with van der Waals surface area (Å²) < 4.78 is 6.95. The number of carbonyl (C=O) groups is 1. The van der Waals surface area contributed by atoms with Gasteiger partial charge in [0.15, 0.2) is 11.4 Å². The lowest BCUT2D eigenvalue weighted by molar-refractivity contribution is 0.0994. The molecule has 7 nitrogen and oxygen atoms in total. The van der Waals surface area contributed by atoms with E-state index in [4.69, 9.17) is 9.51 Å². The highest BCUT2D eigenvalue weighted by Crippen LogP contribution is 2.30. The lowest BCUT2D eigenvalue weighted by Crippen LogP contribution is -2.27. The fraction of sp³-hybridized carbons (Fsp3) is 0.238. The van der Waals surface area contributed by atoms with Crippen molar-refractivity contribution in [3.63, 3.8) is 0 Å². The van der Waals surface area contributed by atoms with Crippen molar-refractivity contribution in [3.05, 3.63) is 59.1 Å². The van der Waals surface area contributed by atoms with Gasteiger partial charge in [-0.05, 0) is 26.8 Å². The monoisotopic (exact) mass is 375 g/mol. The predicted octanol–water partition coefficient (Wildman–Crippen LogP) is 3.83. The van der Waals surface area contributed by atoms with Crippen LogP contribution in [0.4, 0.5) is 5.69 Å². The van der Waals surface area contributed by atoms with Crippen LogP contribution in [-0.2, 0) is 7.05 Å². The smallest absolute Gasteiger partial charge is 0.259 e. The summed E-state index contributed by atoms with van der Waals surface area (Å²) in [5.74, 6) is 0.444. The van der Waals surface area contributed by atoms with Crippen LogP contribution in [0.15, 0.2) is 40.9 Å². The van der Waals surface area contributed by atoms with E-state index in [0.717, 1.165) is 22.3 Å². The first-order valence-electron chi connectivity index (χ1n) is 8.99. The molecule has 0 fully saturated rings. The van der Waals surface area contributed by atoms with Crippen molar-refractivity contribution in [3.8, 4) is 11.3 Å². The molecule has 0 saturated carbocycles. The van der Waals surface area contributed by atoms with Gasteiger partial charge in [0, 0.05) is 19.7 Å². The van der Waals surface area contributed by atoms with Crippen LogP contribution < -0.4 is 4.90 Å². The van der Waals surface area contributed by atoms with Crippen molar-refractivity contribution >= 4 is 22.6 Å². The quantitative estimate of drug-likeness (QED) is 0.544. The topological polar surface area (TPSA) is 77.1 Å². The second-order valence-electron chi connectivity index (χ2n) is 6.87. The van der Waals surface area contributed by atoms with Gasteiger partial charge in [-0.1, -0.05) is 35.5 Å². The standard InChI is InChI=1S/C21H21N5O2/c1-12-18-16(21(27)25(4)19-13(2)24-28-14(19)3)11-17(15-9-7-6-8-10-15)22-20(18)26(5)23-12/h6-11H,1-5H3. The first-order valence-corrected chi connectivity index (χ1v) is 8.99. The van der Waals surface area contributed by atoms with Crippen LogP contribution in [0.5, 0.6) is 0 Å². The summed E-state index contributed by atoms with van der Waals surface area (Å²) in [6.07, 6.45) is 0. The first kappa shape index (κ1) is 17.9. The van der Waals surface area contributed by atoms with E-state index < -0.39 is 0 Å². The third-order valence-corrected chi connectivity index (χ3v) is 4.90. The molecule has 0 spiro atoms. The van der Waals surface area contributed by atoms with Crippen LogP contribution in [0.25, 0.3) is 22.3 Å². The molecule has 0 aliphatic rings. The van der Waals surface area contributed by atoms with Crippen LogP contribution in [0.1, 0.15) is 27.5 Å². The number of rotatable bonds is 3. The maximum Gasteiger partial charge on any atom is 0.259 e. The largest absolute Gasteiger partial charge is 0.359 e. The maximum absolute atomic E-state index is 13.5. The van der Waals surface area contributed by atoms with E-state index in [-0.39, 0.29) is 5.91 Å². The van der Waals surface area contributed by atoms with Gasteiger partial charge < -0.3 is 9.42 Å². The minimum atomic E-state index is -0.157. The predicted molar refractivity (Wildman–Crippen MR) is 107 cm³/mol. The fourth-order valence-corrected chi connectivity index (χ4v) is 3.61. The van der Waals surface area contributed by atoms with Crippen molar-refractivity contribution < 1.29 is 9.32 Å². The number of hydrogen-bond acceptors (Lipinski definition) is 5. The highest BCUT2D eigenvalue weighted by Gasteiger charge is 2.25. The Morgan fingerprint density at radius 3 is 2.46 bits per heavy atom. The lowest BCUT2D eigenvalue weighted by atomic mass is 10.0. The average molecular weight is 375 g/mol. The summed E-state index contributed by atoms with van der Waals surface area (Å²) in [5, 5.41) is 9.20. The van der Waals surface area contributed by atoms with E-state index in [1.54, 1.807) is 23.6 Å². The third kappa shape index (κ3) is 2.76. The van der Waals surface area contributed by atoms with Crippen molar-refractivity contribution in [1.82, 2.24) is 19.9 Å². The molecule has 3 aromatic heterocycles. The molecular weight excluding hydrogens is 354 g/mol. The molecule has 0 bridgehead atoms. The van der Waals surface area contributed by atoms with Crippen molar-refractivity contribution in [2.45, 2.75) is 20.8 Å². The second kappa shape index (κ2) is 6.60. The summed E-state index contributed by atoms with van der Waals surface area (Å²) in [6, 6.07) is 11.6. The number of anilines is 1. The molecular formula is C21H21N5O2. The summed E-state index contributed by atoms with van der Waals surface area (Å²) in [7, 11) is 3.57. The molecule has 0 unspecified atom stereocenters. The zero-order valence-corrected chi connectivity index (χ0v) is 16.5. The number of amides is 1. The van der Waals surface area contributed by atoms with Gasteiger partial charge in [-0.3, -0.25) is 9.48 Å². The van der Waals surface area contributed by atoms with Crippen molar-refractivity contribution in [2.24, 2.45) is 7.05 Å². The number of aryl methyl sites for hydroxylation is 4. The molecule has 0 saturated heterocycles. The molecule has 3 heterocycles. The molecule has 1 amide bonds. The fourth-order valence-electron chi connectivity index (χ4n) is 3.61. The summed E-state index contributed by atoms with van der Waals surface area (Å²) >= 11 is 0. The van der Waals surface area contributed by atoms with Gasteiger partial charge in [0.2, 0.25) is 0 Å². The van der Waals surface area contributed by atoms with E-state index in [2.05, 4.69) is 10.3 Å². The Hall–Kier alpha value is -3.48. The second-order valence-corrected chi connectivity index (χ2v) is 6.87. The van der Waals surface area contributed by atoms with Crippen LogP contribution >= 0.6 is 0 Å². The summed E-state index contributed by atoms with van der Waals surface area (Å²) in [6.45, 7) is 5.51. The number of pyridine rings is 1. The Kier molecular flexibility index (Phi) is 4.22. The molecule has 4 aromatic rings. The first-order chi connectivity index (χ1) is 13.4. The van der Waals surface area contributed by atoms with E-state index in [1.165, 1.54) is 0 Å². The zero-order chi connectivity index (χ0) is 20.0. The molecule has 0 aliphatic heterocycles. The summed E-state index contributed by atoms with van der Waals surface area (Å²) in [5.41, 5.74) is 5.01. The minimum absolute atomic E-state index is 0.157. The van der Waals surface area contributed by atoms with Gasteiger partial charge in [-0.2, -0.15) is 5.10 Å². The van der Waals surface area contributed by atoms with Crippen molar-refractivity contribution in [2.75, 3.05) is 11.9 Å². The molecule has 4 rings (SSSR count). The Balaban J connectivity index is 1.93. The Morgan fingerprint density at radius 2 is 1.82 bits per heavy atom. The molecule has 0 N–H and O–H groups in total. The Morgan fingerprint density at radius 1 is 1.11 bits per heavy atom. The highest BCUT2D eigenvalue weighted by atomic mass is 16.5. The van der Waals surface area contributed by atoms with E-state index in [0.29, 0.717) is 28.4 Å². The molecule has 7 heteroatoms. The van der Waals surface area contributed by atoms with Gasteiger partial charge >= 0.3 is 0 Å². The zero-order valence-electron chi connectivity index (χ0n) is 16.5. The van der Waals surface area contributed by atoms with Gasteiger partial charge in [-0.25, -0.2) is 4.98 Å². The molecule has 142 valence electrons. The molecule has 1 aromatic carbocycles. The molecule has 0 aliphatic carbocycles. The van der Waals surface area contributed by atoms with Crippen molar-refractivity contribution in [1.29, 1.82) is 0 Å². The Bertz CT molecular complexity index is 1170. The maximum atomic E-state index is 13.5. The third-order valence-electron chi connectivity index (χ3n) is 4.90. The van der Waals surface area contributed by atoms with Crippen LogP contribution in [-0.4, -0.2) is 32.9 Å². The van der Waals surface area contributed by atoms with E-state index >= 15 is 0 Å². The van der Waals surface area contributed by atoms with Gasteiger partial charge in [0.25, 0.3) is 5.91 Å². The SMILES string of the molecule is Cc1noc(C)c1N(C)C(=O)c1cc(-c2ccccc2)nc2c1c(C)nn2C. The highest BCUT2D eigenvalue weighted by molar-refractivity contribution is 6.14. The lowest BCUT2D eigenvalue weighted by Gasteiger charge is -2.18. The number of benzene rings is 1. The van der Waals surface area contributed by atoms with Crippen LogP contribution in [0.2, 0.25) is 0 Å². The number of hydrogen-bond donors (Lipinski definition) is 0. The number of carbonyl (C=O) groups excluding carboxylic acids is 1. The van der Waals surface area contributed by atoms with Crippen LogP contribution in [0.3, 0.4) is 0 Å². The van der Waals surface area contributed by atoms with Gasteiger partial charge in [0.1, 0.15) is 11.4 Å². The molecule has 0 radical (unpaired) electrons. The van der Waals surface area contributed by atoms with Crippen LogP contribution in [0, 0.1) is 20.8 Å². The molecule has 28 heavy (non-hydrogen) atoms. The summed E-state index contributed by atoms with van der Waals surface area (Å²) in [4.78, 5) is 19.8. The average Bonchev–Trinajstić information content (AvgIpc) is 3.18. The Labute approximate surface area is 162 Å². The number of aromatic nitrogens is 4. The molecule has 0 atom stereocenters. The minimum Gasteiger partial charge on any atom is -0.359 e. The normalized spacial score (nSPS) is 11.2. The van der Waals surface area contributed by atoms with Gasteiger partial charge in [-0.15, -0.1) is 0 Å². The number of fused-ring (bicyclic) bond motifs is 1.